The van der Waals surface area contributed by atoms with Crippen molar-refractivity contribution in [2.45, 2.75) is 46.7 Å². The molecule has 4 nitrogen and oxygen atoms in total. The monoisotopic (exact) mass is 255 g/mol. The van der Waals surface area contributed by atoms with Gasteiger partial charge in [0.25, 0.3) is 0 Å². The zero-order chi connectivity index (χ0) is 13.7. The molecule has 1 atom stereocenters. The molecular weight excluding hydrogens is 226 g/mol. The van der Waals surface area contributed by atoms with E-state index in [1.54, 1.807) is 0 Å². The van der Waals surface area contributed by atoms with Crippen LogP contribution in [-0.4, -0.2) is 60.5 Å². The number of nitrogens with zero attached hydrogens (tertiary/aromatic N) is 2. The van der Waals surface area contributed by atoms with Crippen molar-refractivity contribution in [1.82, 2.24) is 15.1 Å². The molecule has 0 aromatic carbocycles. The first-order valence-electron chi connectivity index (χ1n) is 7.17. The maximum atomic E-state index is 11.9. The van der Waals surface area contributed by atoms with Gasteiger partial charge >= 0.3 is 0 Å². The highest BCUT2D eigenvalue weighted by atomic mass is 16.2. The van der Waals surface area contributed by atoms with Gasteiger partial charge in [0, 0.05) is 38.8 Å². The Kier molecular flexibility index (Phi) is 6.09. The average Bonchev–Trinajstić information content (AvgIpc) is 2.27. The Balaban J connectivity index is 2.35. The molecule has 1 fully saturated rings. The summed E-state index contributed by atoms with van der Waals surface area (Å²) in [5, 5.41) is 2.99. The van der Waals surface area contributed by atoms with E-state index in [0.717, 1.165) is 32.1 Å². The number of hydrogen-bond donors (Lipinski definition) is 1. The summed E-state index contributed by atoms with van der Waals surface area (Å²) in [7, 11) is 0. The van der Waals surface area contributed by atoms with Gasteiger partial charge in [0.1, 0.15) is 0 Å². The number of rotatable bonds is 5. The Bertz CT molecular complexity index is 258. The molecular formula is C14H29N3O. The third-order valence-corrected chi connectivity index (χ3v) is 3.39. The fourth-order valence-corrected chi connectivity index (χ4v) is 2.42. The minimum Gasteiger partial charge on any atom is -0.353 e. The molecule has 1 aliphatic heterocycles. The first-order valence-corrected chi connectivity index (χ1v) is 7.17. The Morgan fingerprint density at radius 3 is 2.06 bits per heavy atom. The van der Waals surface area contributed by atoms with Gasteiger partial charge in [-0.2, -0.15) is 0 Å². The average molecular weight is 255 g/mol. The van der Waals surface area contributed by atoms with Gasteiger partial charge in [-0.25, -0.2) is 0 Å². The molecule has 0 spiro atoms. The van der Waals surface area contributed by atoms with Gasteiger partial charge in [-0.3, -0.25) is 9.69 Å². The molecule has 0 saturated carbocycles. The van der Waals surface area contributed by atoms with Crippen LogP contribution in [0.1, 0.15) is 34.6 Å². The molecule has 1 aliphatic rings. The fraction of sp³-hybridized carbons (Fsp3) is 0.929. The van der Waals surface area contributed by atoms with Crippen LogP contribution < -0.4 is 5.32 Å². The maximum Gasteiger partial charge on any atom is 0.237 e. The van der Waals surface area contributed by atoms with E-state index in [-0.39, 0.29) is 18.0 Å². The van der Waals surface area contributed by atoms with Crippen LogP contribution in [0.15, 0.2) is 0 Å². The quantitative estimate of drug-likeness (QED) is 0.801. The Morgan fingerprint density at radius 1 is 1.06 bits per heavy atom. The molecule has 1 unspecified atom stereocenters. The second kappa shape index (κ2) is 7.10. The van der Waals surface area contributed by atoms with Gasteiger partial charge in [-0.05, 0) is 26.7 Å². The molecule has 1 saturated heterocycles. The highest BCUT2D eigenvalue weighted by Crippen LogP contribution is 2.08. The van der Waals surface area contributed by atoms with Gasteiger partial charge in [-0.1, -0.05) is 13.8 Å². The van der Waals surface area contributed by atoms with Crippen LogP contribution in [0.25, 0.3) is 0 Å². The minimum atomic E-state index is -0.00593. The molecule has 0 aromatic rings. The summed E-state index contributed by atoms with van der Waals surface area (Å²) >= 11 is 0. The molecule has 18 heavy (non-hydrogen) atoms. The molecule has 0 radical (unpaired) electrons. The van der Waals surface area contributed by atoms with Crippen LogP contribution in [0.4, 0.5) is 0 Å². The molecule has 1 amide bonds. The molecule has 0 aromatic heterocycles. The Hall–Kier alpha value is -0.610. The van der Waals surface area contributed by atoms with E-state index in [1.165, 1.54) is 6.54 Å². The van der Waals surface area contributed by atoms with Crippen molar-refractivity contribution in [3.05, 3.63) is 0 Å². The second-order valence-electron chi connectivity index (χ2n) is 6.07. The largest absolute Gasteiger partial charge is 0.353 e. The van der Waals surface area contributed by atoms with Crippen LogP contribution in [0.2, 0.25) is 0 Å². The van der Waals surface area contributed by atoms with Crippen molar-refractivity contribution in [1.29, 1.82) is 0 Å². The highest BCUT2D eigenvalue weighted by Gasteiger charge is 2.25. The van der Waals surface area contributed by atoms with Crippen molar-refractivity contribution >= 4 is 5.91 Å². The molecule has 1 N–H and O–H groups in total. The summed E-state index contributed by atoms with van der Waals surface area (Å²) in [5.41, 5.74) is 0. The molecule has 106 valence electrons. The van der Waals surface area contributed by atoms with E-state index in [1.807, 2.05) is 20.8 Å². The second-order valence-corrected chi connectivity index (χ2v) is 6.07. The summed E-state index contributed by atoms with van der Waals surface area (Å²) in [5.74, 6) is 0.875. The van der Waals surface area contributed by atoms with Crippen LogP contribution in [0.3, 0.4) is 0 Å². The summed E-state index contributed by atoms with van der Waals surface area (Å²) in [6.07, 6.45) is 0. The van der Waals surface area contributed by atoms with Gasteiger partial charge in [0.2, 0.25) is 5.91 Å². The van der Waals surface area contributed by atoms with Crippen molar-refractivity contribution < 1.29 is 4.79 Å². The standard InChI is InChI=1S/C14H29N3O/c1-11(2)10-16-6-8-17(9-7-16)13(5)14(18)15-12(3)4/h11-13H,6-10H2,1-5H3,(H,15,18). The normalized spacial score (nSPS) is 20.4. The third kappa shape index (κ3) is 4.94. The number of hydrogen-bond acceptors (Lipinski definition) is 3. The number of carbonyl (C=O) groups is 1. The van der Waals surface area contributed by atoms with Gasteiger partial charge in [0.15, 0.2) is 0 Å². The summed E-state index contributed by atoms with van der Waals surface area (Å²) in [6.45, 7) is 15.9. The van der Waals surface area contributed by atoms with E-state index < -0.39 is 0 Å². The van der Waals surface area contributed by atoms with Gasteiger partial charge < -0.3 is 10.2 Å². The van der Waals surface area contributed by atoms with E-state index in [0.29, 0.717) is 0 Å². The minimum absolute atomic E-state index is 0.00593. The van der Waals surface area contributed by atoms with Crippen LogP contribution in [0.5, 0.6) is 0 Å². The molecule has 0 aliphatic carbocycles. The smallest absolute Gasteiger partial charge is 0.237 e. The van der Waals surface area contributed by atoms with Crippen molar-refractivity contribution in [2.24, 2.45) is 5.92 Å². The Morgan fingerprint density at radius 2 is 1.61 bits per heavy atom. The molecule has 1 rings (SSSR count). The lowest BCUT2D eigenvalue weighted by molar-refractivity contribution is -0.127. The highest BCUT2D eigenvalue weighted by molar-refractivity contribution is 5.81. The number of amides is 1. The van der Waals surface area contributed by atoms with E-state index in [9.17, 15) is 4.79 Å². The van der Waals surface area contributed by atoms with Gasteiger partial charge in [0.05, 0.1) is 6.04 Å². The van der Waals surface area contributed by atoms with Crippen molar-refractivity contribution in [3.8, 4) is 0 Å². The SMILES string of the molecule is CC(C)CN1CCN(C(C)C(=O)NC(C)C)CC1. The van der Waals surface area contributed by atoms with E-state index in [4.69, 9.17) is 0 Å². The van der Waals surface area contributed by atoms with E-state index in [2.05, 4.69) is 29.0 Å². The fourth-order valence-electron chi connectivity index (χ4n) is 2.42. The summed E-state index contributed by atoms with van der Waals surface area (Å²) in [4.78, 5) is 16.7. The van der Waals surface area contributed by atoms with Crippen molar-refractivity contribution in [2.75, 3.05) is 32.7 Å². The van der Waals surface area contributed by atoms with Crippen LogP contribution >= 0.6 is 0 Å². The Labute approximate surface area is 112 Å². The maximum absolute atomic E-state index is 11.9. The number of piperazine rings is 1. The van der Waals surface area contributed by atoms with Gasteiger partial charge in [-0.15, -0.1) is 0 Å². The lowest BCUT2D eigenvalue weighted by Crippen LogP contribution is -2.54. The van der Waals surface area contributed by atoms with Crippen LogP contribution in [-0.2, 0) is 4.79 Å². The van der Waals surface area contributed by atoms with Crippen LogP contribution in [0, 0.1) is 5.92 Å². The predicted molar refractivity (Wildman–Crippen MR) is 75.6 cm³/mol. The zero-order valence-electron chi connectivity index (χ0n) is 12.6. The van der Waals surface area contributed by atoms with E-state index >= 15 is 0 Å². The van der Waals surface area contributed by atoms with Crippen molar-refractivity contribution in [3.63, 3.8) is 0 Å². The molecule has 4 heteroatoms. The summed E-state index contributed by atoms with van der Waals surface area (Å²) < 4.78 is 0. The first-order chi connectivity index (χ1) is 8.40. The lowest BCUT2D eigenvalue weighted by atomic mass is 10.1. The predicted octanol–water partition coefficient (Wildman–Crippen LogP) is 1.17. The molecule has 0 bridgehead atoms. The first kappa shape index (κ1) is 15.4. The number of nitrogens with one attached hydrogen (secondary N) is 1. The topological polar surface area (TPSA) is 35.6 Å². The zero-order valence-corrected chi connectivity index (χ0v) is 12.6. The number of carbonyl (C=O) groups excluding carboxylic acids is 1. The molecule has 1 heterocycles. The lowest BCUT2D eigenvalue weighted by Gasteiger charge is -2.38. The third-order valence-electron chi connectivity index (χ3n) is 3.39. The summed E-state index contributed by atoms with van der Waals surface area (Å²) in [6, 6.07) is 0.218.